The summed E-state index contributed by atoms with van der Waals surface area (Å²) < 4.78 is 6.45. The fourth-order valence-corrected chi connectivity index (χ4v) is 3.93. The van der Waals surface area contributed by atoms with E-state index in [1.165, 1.54) is 29.8 Å². The molecule has 0 aliphatic carbocycles. The third-order valence-corrected chi connectivity index (χ3v) is 5.16. The number of rotatable bonds is 3. The van der Waals surface area contributed by atoms with Crippen molar-refractivity contribution in [2.45, 2.75) is 0 Å². The fraction of sp³-hybridized carbons (Fsp3) is 0.0588. The summed E-state index contributed by atoms with van der Waals surface area (Å²) in [5.74, 6) is 0.234. The van der Waals surface area contributed by atoms with Gasteiger partial charge < -0.3 is 9.84 Å². The number of hydrogen-bond donors (Lipinski definition) is 1. The summed E-state index contributed by atoms with van der Waals surface area (Å²) in [6, 6.07) is 12.3. The average molecular weight is 422 g/mol. The Bertz CT molecular complexity index is 867. The molecule has 0 radical (unpaired) electrons. The van der Waals surface area contributed by atoms with Gasteiger partial charge in [0.25, 0.3) is 5.91 Å². The van der Waals surface area contributed by atoms with Gasteiger partial charge in [0.2, 0.25) is 0 Å². The molecule has 0 spiro atoms. The summed E-state index contributed by atoms with van der Waals surface area (Å²) in [5.41, 5.74) is 1.47. The van der Waals surface area contributed by atoms with E-state index >= 15 is 0 Å². The molecule has 0 unspecified atom stereocenters. The largest absolute Gasteiger partial charge is 0.504 e. The minimum atomic E-state index is -0.171. The Morgan fingerprint density at radius 1 is 1.29 bits per heavy atom. The molecule has 0 atom stereocenters. The van der Waals surface area contributed by atoms with Crippen molar-refractivity contribution in [2.75, 3.05) is 12.0 Å². The van der Waals surface area contributed by atoms with Crippen LogP contribution in [0.4, 0.5) is 5.69 Å². The van der Waals surface area contributed by atoms with E-state index in [1.54, 1.807) is 18.2 Å². The SMILES string of the molecule is COc1cc(/C=C2\SC(=S)N(c3cccc(Br)c3)C2=O)ccc1O. The number of thioether (sulfide) groups is 1. The van der Waals surface area contributed by atoms with E-state index < -0.39 is 0 Å². The van der Waals surface area contributed by atoms with Crippen LogP contribution in [0.3, 0.4) is 0 Å². The van der Waals surface area contributed by atoms with Crippen molar-refractivity contribution in [2.24, 2.45) is 0 Å². The van der Waals surface area contributed by atoms with Crippen LogP contribution in [-0.4, -0.2) is 22.4 Å². The zero-order chi connectivity index (χ0) is 17.3. The molecule has 2 aromatic rings. The van der Waals surface area contributed by atoms with E-state index in [9.17, 15) is 9.90 Å². The molecule has 1 N–H and O–H groups in total. The van der Waals surface area contributed by atoms with Crippen molar-refractivity contribution in [1.82, 2.24) is 0 Å². The highest BCUT2D eigenvalue weighted by Crippen LogP contribution is 2.37. The van der Waals surface area contributed by atoms with E-state index in [1.807, 2.05) is 24.3 Å². The van der Waals surface area contributed by atoms with Gasteiger partial charge in [-0.25, -0.2) is 0 Å². The topological polar surface area (TPSA) is 49.8 Å². The lowest BCUT2D eigenvalue weighted by Gasteiger charge is -2.14. The summed E-state index contributed by atoms with van der Waals surface area (Å²) >= 11 is 10.00. The number of phenols is 1. The van der Waals surface area contributed by atoms with E-state index in [2.05, 4.69) is 15.9 Å². The molecule has 1 saturated heterocycles. The Balaban J connectivity index is 1.94. The van der Waals surface area contributed by atoms with Crippen molar-refractivity contribution in [1.29, 1.82) is 0 Å². The fourth-order valence-electron chi connectivity index (χ4n) is 2.24. The number of carbonyl (C=O) groups is 1. The number of hydrogen-bond acceptors (Lipinski definition) is 5. The van der Waals surface area contributed by atoms with Crippen LogP contribution in [0.5, 0.6) is 11.5 Å². The van der Waals surface area contributed by atoms with Crippen molar-refractivity contribution in [3.05, 3.63) is 57.4 Å². The van der Waals surface area contributed by atoms with E-state index in [0.717, 1.165) is 15.7 Å². The quantitative estimate of drug-likeness (QED) is 0.580. The normalized spacial score (nSPS) is 16.1. The van der Waals surface area contributed by atoms with E-state index in [0.29, 0.717) is 15.0 Å². The Labute approximate surface area is 157 Å². The lowest BCUT2D eigenvalue weighted by molar-refractivity contribution is -0.113. The number of anilines is 1. The number of amides is 1. The summed E-state index contributed by atoms with van der Waals surface area (Å²) in [6.07, 6.45) is 1.74. The summed E-state index contributed by atoms with van der Waals surface area (Å²) in [5, 5.41) is 9.66. The molecule has 1 aliphatic rings. The molecule has 24 heavy (non-hydrogen) atoms. The van der Waals surface area contributed by atoms with Crippen LogP contribution in [0.2, 0.25) is 0 Å². The third-order valence-electron chi connectivity index (χ3n) is 3.36. The zero-order valence-corrected chi connectivity index (χ0v) is 15.7. The van der Waals surface area contributed by atoms with Crippen molar-refractivity contribution < 1.29 is 14.6 Å². The Morgan fingerprint density at radius 3 is 2.79 bits per heavy atom. The van der Waals surface area contributed by atoms with Gasteiger partial charge in [-0.05, 0) is 42.0 Å². The van der Waals surface area contributed by atoms with Crippen LogP contribution in [0.25, 0.3) is 6.08 Å². The molecule has 1 fully saturated rings. The summed E-state index contributed by atoms with van der Waals surface area (Å²) in [4.78, 5) is 14.7. The predicted molar refractivity (Wildman–Crippen MR) is 104 cm³/mol. The molecule has 0 aromatic heterocycles. The van der Waals surface area contributed by atoms with Gasteiger partial charge in [-0.2, -0.15) is 0 Å². The maximum atomic E-state index is 12.7. The van der Waals surface area contributed by atoms with Crippen LogP contribution in [0.15, 0.2) is 51.8 Å². The molecule has 1 heterocycles. The second-order valence-corrected chi connectivity index (χ2v) is 7.52. The number of aromatic hydroxyl groups is 1. The van der Waals surface area contributed by atoms with E-state index in [-0.39, 0.29) is 11.7 Å². The van der Waals surface area contributed by atoms with Gasteiger partial charge in [-0.1, -0.05) is 52.0 Å². The Hall–Kier alpha value is -1.83. The second kappa shape index (κ2) is 6.96. The molecule has 0 bridgehead atoms. The highest BCUT2D eigenvalue weighted by atomic mass is 79.9. The van der Waals surface area contributed by atoms with Gasteiger partial charge in [0.1, 0.15) is 0 Å². The lowest BCUT2D eigenvalue weighted by atomic mass is 10.2. The van der Waals surface area contributed by atoms with Crippen LogP contribution in [0.1, 0.15) is 5.56 Å². The van der Waals surface area contributed by atoms with E-state index in [4.69, 9.17) is 17.0 Å². The van der Waals surface area contributed by atoms with Gasteiger partial charge in [0.15, 0.2) is 15.8 Å². The van der Waals surface area contributed by atoms with Crippen molar-refractivity contribution >= 4 is 61.9 Å². The van der Waals surface area contributed by atoms with Crippen molar-refractivity contribution in [3.8, 4) is 11.5 Å². The maximum absolute atomic E-state index is 12.7. The van der Waals surface area contributed by atoms with Crippen LogP contribution in [0, 0.1) is 0 Å². The number of carbonyl (C=O) groups excluding carboxylic acids is 1. The number of nitrogens with zero attached hydrogens (tertiary/aromatic N) is 1. The summed E-state index contributed by atoms with van der Waals surface area (Å²) in [6.45, 7) is 0. The Kier molecular flexibility index (Phi) is 4.93. The molecule has 0 saturated carbocycles. The lowest BCUT2D eigenvalue weighted by Crippen LogP contribution is -2.27. The minimum absolute atomic E-state index is 0.0522. The standard InChI is InChI=1S/C17H12BrNO3S2/c1-22-14-7-10(5-6-13(14)20)8-15-16(21)19(17(23)24-15)12-4-2-3-11(18)9-12/h2-9,20H,1H3/b15-8-. The maximum Gasteiger partial charge on any atom is 0.270 e. The van der Waals surface area contributed by atoms with Gasteiger partial charge in [-0.15, -0.1) is 0 Å². The molecule has 122 valence electrons. The number of ether oxygens (including phenoxy) is 1. The van der Waals surface area contributed by atoms with Crippen molar-refractivity contribution in [3.63, 3.8) is 0 Å². The molecule has 4 nitrogen and oxygen atoms in total. The zero-order valence-electron chi connectivity index (χ0n) is 12.5. The third kappa shape index (κ3) is 3.33. The molecule has 7 heteroatoms. The first-order valence-corrected chi connectivity index (χ1v) is 8.92. The number of benzene rings is 2. The molecule has 1 aliphatic heterocycles. The molecular weight excluding hydrogens is 410 g/mol. The average Bonchev–Trinajstić information content (AvgIpc) is 2.83. The van der Waals surface area contributed by atoms with Gasteiger partial charge in [-0.3, -0.25) is 9.69 Å². The van der Waals surface area contributed by atoms with Gasteiger partial charge >= 0.3 is 0 Å². The monoisotopic (exact) mass is 421 g/mol. The minimum Gasteiger partial charge on any atom is -0.504 e. The first-order valence-electron chi connectivity index (χ1n) is 6.90. The number of halogens is 1. The van der Waals surface area contributed by atoms with Gasteiger partial charge in [0, 0.05) is 4.47 Å². The predicted octanol–water partition coefficient (Wildman–Crippen LogP) is 4.57. The first-order chi connectivity index (χ1) is 11.5. The number of methoxy groups -OCH3 is 1. The van der Waals surface area contributed by atoms with Crippen LogP contribution >= 0.6 is 39.9 Å². The molecule has 1 amide bonds. The number of phenolic OH excluding ortho intramolecular Hbond substituents is 1. The highest BCUT2D eigenvalue weighted by Gasteiger charge is 2.33. The highest BCUT2D eigenvalue weighted by molar-refractivity contribution is 9.10. The van der Waals surface area contributed by atoms with Crippen LogP contribution < -0.4 is 9.64 Å². The second-order valence-electron chi connectivity index (χ2n) is 4.93. The molecule has 3 rings (SSSR count). The molecular formula is C17H12BrNO3S2. The van der Waals surface area contributed by atoms with Gasteiger partial charge in [0.05, 0.1) is 17.7 Å². The van der Waals surface area contributed by atoms with Crippen LogP contribution in [-0.2, 0) is 4.79 Å². The first kappa shape index (κ1) is 17.0. The smallest absolute Gasteiger partial charge is 0.270 e. The summed E-state index contributed by atoms with van der Waals surface area (Å²) in [7, 11) is 1.48. The molecule has 2 aromatic carbocycles. The Morgan fingerprint density at radius 2 is 2.08 bits per heavy atom. The number of thiocarbonyl (C=S) groups is 1.